The summed E-state index contributed by atoms with van der Waals surface area (Å²) in [7, 11) is -1.82. The van der Waals surface area contributed by atoms with Crippen molar-refractivity contribution in [2.45, 2.75) is 51.5 Å². The number of halogens is 3. The molecular weight excluding hydrogens is 519 g/mol. The number of anilines is 1. The van der Waals surface area contributed by atoms with Gasteiger partial charge < -0.3 is 14.2 Å². The lowest BCUT2D eigenvalue weighted by Gasteiger charge is -2.36. The van der Waals surface area contributed by atoms with Crippen molar-refractivity contribution in [2.75, 3.05) is 38.1 Å². The Morgan fingerprint density at radius 2 is 1.58 bits per heavy atom. The molecule has 3 rings (SSSR count). The molecule has 1 aromatic heterocycles. The van der Waals surface area contributed by atoms with Gasteiger partial charge in [-0.2, -0.15) is 18.2 Å². The van der Waals surface area contributed by atoms with Crippen LogP contribution in [0, 0.1) is 0 Å². The number of urea groups is 1. The molecule has 1 aliphatic rings. The van der Waals surface area contributed by atoms with Gasteiger partial charge in [0.2, 0.25) is 0 Å². The van der Waals surface area contributed by atoms with Crippen LogP contribution >= 0.6 is 0 Å². The summed E-state index contributed by atoms with van der Waals surface area (Å²) in [5.41, 5.74) is 1.09. The fourth-order valence-electron chi connectivity index (χ4n) is 3.61. The number of benzene rings is 1. The number of hydrogen-bond donors (Lipinski definition) is 1. The highest BCUT2D eigenvalue weighted by molar-refractivity contribution is 6.74. The van der Waals surface area contributed by atoms with Crippen LogP contribution in [-0.2, 0) is 15.6 Å². The maximum Gasteiger partial charge on any atom is 0.471 e. The molecule has 1 aliphatic heterocycles. The fourth-order valence-corrected chi connectivity index (χ4v) is 4.66. The van der Waals surface area contributed by atoms with E-state index in [9.17, 15) is 27.6 Å². The number of amides is 3. The van der Waals surface area contributed by atoms with Gasteiger partial charge in [0.15, 0.2) is 8.32 Å². The number of rotatable bonds is 6. The molecule has 0 atom stereocenters. The Labute approximate surface area is 220 Å². The monoisotopic (exact) mass is 553 g/mol. The van der Waals surface area contributed by atoms with Gasteiger partial charge >= 0.3 is 23.8 Å². The first-order valence-electron chi connectivity index (χ1n) is 12.3. The van der Waals surface area contributed by atoms with E-state index in [1.165, 1.54) is 21.7 Å². The number of nitrogens with zero attached hydrogens (tertiary/aromatic N) is 4. The minimum Gasteiger partial charge on any atom is -0.416 e. The van der Waals surface area contributed by atoms with E-state index in [4.69, 9.17) is 4.43 Å². The number of aromatic nitrogens is 2. The third kappa shape index (κ3) is 7.22. The molecule has 0 saturated carbocycles. The average Bonchev–Trinajstić information content (AvgIpc) is 2.83. The molecule has 0 bridgehead atoms. The molecule has 208 valence electrons. The molecule has 1 N–H and O–H groups in total. The van der Waals surface area contributed by atoms with Gasteiger partial charge in [0, 0.05) is 39.0 Å². The van der Waals surface area contributed by atoms with Crippen molar-refractivity contribution in [3.05, 3.63) is 52.6 Å². The number of piperazine rings is 1. The van der Waals surface area contributed by atoms with Crippen molar-refractivity contribution in [1.29, 1.82) is 0 Å². The second-order valence-electron chi connectivity index (χ2n) is 10.7. The first-order valence-corrected chi connectivity index (χ1v) is 15.2. The molecule has 2 heterocycles. The molecule has 0 aliphatic carbocycles. The smallest absolute Gasteiger partial charge is 0.416 e. The van der Waals surface area contributed by atoms with Crippen LogP contribution in [0.4, 0.5) is 23.8 Å². The van der Waals surface area contributed by atoms with Crippen molar-refractivity contribution in [3.8, 4) is 5.69 Å². The maximum atomic E-state index is 12.6. The lowest BCUT2D eigenvalue weighted by Crippen LogP contribution is -2.54. The van der Waals surface area contributed by atoms with Gasteiger partial charge in [0.05, 0.1) is 5.69 Å². The average molecular weight is 554 g/mol. The number of hydrogen-bond acceptors (Lipinski definition) is 5. The third-order valence-electron chi connectivity index (χ3n) is 7.01. The Morgan fingerprint density at radius 1 is 1.00 bits per heavy atom. The number of carbonyl (C=O) groups excluding carboxylic acids is 2. The summed E-state index contributed by atoms with van der Waals surface area (Å²) in [6.07, 6.45) is -2.71. The van der Waals surface area contributed by atoms with Crippen LogP contribution in [0.3, 0.4) is 0 Å². The van der Waals surface area contributed by atoms with E-state index in [1.807, 2.05) is 24.3 Å². The van der Waals surface area contributed by atoms with Gasteiger partial charge in [-0.05, 0) is 48.3 Å². The predicted molar refractivity (Wildman–Crippen MR) is 140 cm³/mol. The minimum absolute atomic E-state index is 0.0180. The predicted octanol–water partition coefficient (Wildman–Crippen LogP) is 4.04. The topological polar surface area (TPSA) is 96.8 Å². The zero-order valence-electron chi connectivity index (χ0n) is 22.3. The van der Waals surface area contributed by atoms with Crippen LogP contribution in [0.1, 0.15) is 26.3 Å². The SMILES string of the molecule is CC(C)(C)[Si](C)(C)OCCc1ccc(-n2ccc(NC(=O)N3CCN(C(=O)C(F)(F)F)CC3)nc2=O)cc1. The Bertz CT molecular complexity index is 1200. The summed E-state index contributed by atoms with van der Waals surface area (Å²) in [5, 5.41) is 2.63. The van der Waals surface area contributed by atoms with Crippen LogP contribution in [0.2, 0.25) is 18.1 Å². The summed E-state index contributed by atoms with van der Waals surface area (Å²) in [6.45, 7) is 11.0. The van der Waals surface area contributed by atoms with Crippen LogP contribution < -0.4 is 11.0 Å². The Morgan fingerprint density at radius 3 is 2.11 bits per heavy atom. The van der Waals surface area contributed by atoms with E-state index in [2.05, 4.69) is 44.2 Å². The second kappa shape index (κ2) is 11.3. The first-order chi connectivity index (χ1) is 17.6. The molecule has 2 aromatic rings. The molecule has 9 nitrogen and oxygen atoms in total. The summed E-state index contributed by atoms with van der Waals surface area (Å²) in [4.78, 5) is 42.2. The normalized spacial score (nSPS) is 14.9. The van der Waals surface area contributed by atoms with E-state index in [-0.39, 0.29) is 37.0 Å². The molecule has 0 spiro atoms. The van der Waals surface area contributed by atoms with Gasteiger partial charge in [-0.25, -0.2) is 9.59 Å². The van der Waals surface area contributed by atoms with Gasteiger partial charge in [-0.3, -0.25) is 14.7 Å². The van der Waals surface area contributed by atoms with Crippen molar-refractivity contribution in [1.82, 2.24) is 19.4 Å². The van der Waals surface area contributed by atoms with Crippen LogP contribution in [0.15, 0.2) is 41.3 Å². The Hall–Kier alpha value is -3.19. The van der Waals surface area contributed by atoms with Crippen molar-refractivity contribution in [3.63, 3.8) is 0 Å². The fraction of sp³-hybridized carbons (Fsp3) is 0.520. The summed E-state index contributed by atoms with van der Waals surface area (Å²) in [5.74, 6) is -1.90. The lowest BCUT2D eigenvalue weighted by atomic mass is 10.1. The molecule has 1 fully saturated rings. The molecule has 3 amide bonds. The minimum atomic E-state index is -4.95. The van der Waals surface area contributed by atoms with Gasteiger partial charge in [-0.1, -0.05) is 32.9 Å². The zero-order chi connectivity index (χ0) is 28.3. The number of carbonyl (C=O) groups is 2. The number of nitrogens with one attached hydrogen (secondary N) is 1. The summed E-state index contributed by atoms with van der Waals surface area (Å²) < 4.78 is 45.3. The number of alkyl halides is 3. The standard InChI is InChI=1S/C25H34F3N5O4Si/c1-24(2,3)38(4,5)37-17-11-18-6-8-19(9-7-18)33-12-10-20(30-23(33)36)29-22(35)32-15-13-31(14-16-32)21(34)25(26,27)28/h6-10,12H,11,13-17H2,1-5H3,(H,29,30,35,36). The molecule has 0 radical (unpaired) electrons. The van der Waals surface area contributed by atoms with E-state index in [0.29, 0.717) is 17.2 Å². The summed E-state index contributed by atoms with van der Waals surface area (Å²) in [6, 6.07) is 8.32. The highest BCUT2D eigenvalue weighted by atomic mass is 28.4. The lowest BCUT2D eigenvalue weighted by molar-refractivity contribution is -0.186. The highest BCUT2D eigenvalue weighted by Crippen LogP contribution is 2.36. The molecule has 38 heavy (non-hydrogen) atoms. The van der Waals surface area contributed by atoms with E-state index >= 15 is 0 Å². The van der Waals surface area contributed by atoms with Crippen molar-refractivity contribution >= 4 is 26.1 Å². The highest BCUT2D eigenvalue weighted by Gasteiger charge is 2.43. The van der Waals surface area contributed by atoms with E-state index < -0.39 is 32.1 Å². The molecule has 1 saturated heterocycles. The Kier molecular flexibility index (Phi) is 8.71. The first kappa shape index (κ1) is 29.4. The largest absolute Gasteiger partial charge is 0.471 e. The van der Waals surface area contributed by atoms with Gasteiger partial charge in [0.25, 0.3) is 0 Å². The van der Waals surface area contributed by atoms with E-state index in [0.717, 1.165) is 12.0 Å². The molecular formula is C25H34F3N5O4Si. The van der Waals surface area contributed by atoms with Crippen molar-refractivity contribution in [2.24, 2.45) is 0 Å². The van der Waals surface area contributed by atoms with Gasteiger partial charge in [0.1, 0.15) is 5.82 Å². The van der Waals surface area contributed by atoms with Crippen LogP contribution in [0.5, 0.6) is 0 Å². The second-order valence-corrected chi connectivity index (χ2v) is 15.5. The van der Waals surface area contributed by atoms with Crippen LogP contribution in [-0.4, -0.2) is 78.6 Å². The van der Waals surface area contributed by atoms with Crippen molar-refractivity contribution < 1.29 is 27.2 Å². The quantitative estimate of drug-likeness (QED) is 0.545. The maximum absolute atomic E-state index is 12.6. The summed E-state index contributed by atoms with van der Waals surface area (Å²) >= 11 is 0. The molecule has 1 aromatic carbocycles. The Balaban J connectivity index is 1.55. The molecule has 13 heteroatoms. The van der Waals surface area contributed by atoms with Crippen LogP contribution in [0.25, 0.3) is 5.69 Å². The van der Waals surface area contributed by atoms with E-state index in [1.54, 1.807) is 0 Å². The van der Waals surface area contributed by atoms with Gasteiger partial charge in [-0.15, -0.1) is 0 Å². The molecule has 0 unspecified atom stereocenters. The third-order valence-corrected chi connectivity index (χ3v) is 11.5. The zero-order valence-corrected chi connectivity index (χ0v) is 23.3.